The van der Waals surface area contributed by atoms with E-state index in [1.807, 2.05) is 46.8 Å². The van der Waals surface area contributed by atoms with Gasteiger partial charge in [0.2, 0.25) is 0 Å². The summed E-state index contributed by atoms with van der Waals surface area (Å²) in [6, 6.07) is 8.06. The number of hydrogen-bond donors (Lipinski definition) is 0. The van der Waals surface area contributed by atoms with Crippen molar-refractivity contribution in [3.8, 4) is 5.75 Å². The van der Waals surface area contributed by atoms with Crippen molar-refractivity contribution in [2.24, 2.45) is 0 Å². The van der Waals surface area contributed by atoms with E-state index >= 15 is 0 Å². The van der Waals surface area contributed by atoms with Crippen LogP contribution in [0.1, 0.15) is 6.92 Å². The lowest BCUT2D eigenvalue weighted by Gasteiger charge is -2.06. The summed E-state index contributed by atoms with van der Waals surface area (Å²) in [6.45, 7) is 2.74. The number of para-hydroxylation sites is 1. The molecule has 0 aliphatic heterocycles. The minimum atomic E-state index is 0. The predicted octanol–water partition coefficient (Wildman–Crippen LogP) is 1.46. The Morgan fingerprint density at radius 2 is 2.00 bits per heavy atom. The second-order valence-corrected chi connectivity index (χ2v) is 2.80. The van der Waals surface area contributed by atoms with Gasteiger partial charge in [-0.25, -0.2) is 0 Å². The Hall–Kier alpha value is 0.266. The van der Waals surface area contributed by atoms with Gasteiger partial charge in [0.1, 0.15) is 0 Å². The molecule has 57 valence electrons. The van der Waals surface area contributed by atoms with Crippen LogP contribution in [0, 0.1) is 0 Å². The van der Waals surface area contributed by atoms with Crippen molar-refractivity contribution < 1.29 is 4.74 Å². The highest BCUT2D eigenvalue weighted by molar-refractivity contribution is 8.93. The fraction of sp³-hybridized carbons (Fsp3) is 0.250. The third-order valence-electron chi connectivity index (χ3n) is 1.27. The van der Waals surface area contributed by atoms with Gasteiger partial charge >= 0.3 is 0 Å². The molecule has 1 radical (unpaired) electrons. The predicted molar refractivity (Wildman–Crippen MR) is 53.3 cm³/mol. The Balaban J connectivity index is 0.000001000. The van der Waals surface area contributed by atoms with Gasteiger partial charge in [-0.1, -0.05) is 18.2 Å². The van der Waals surface area contributed by atoms with Crippen LogP contribution in [-0.2, 0) is 0 Å². The van der Waals surface area contributed by atoms with E-state index in [-0.39, 0.29) is 17.0 Å². The van der Waals surface area contributed by atoms with Gasteiger partial charge in [-0.15, -0.1) is 17.0 Å². The molecule has 1 aromatic carbocycles. The molecule has 0 aliphatic rings. The van der Waals surface area contributed by atoms with Crippen LogP contribution in [0.15, 0.2) is 24.3 Å². The average Bonchev–Trinajstić information content (AvgIpc) is 1.94. The molecule has 0 atom stereocenters. The van der Waals surface area contributed by atoms with Crippen molar-refractivity contribution in [1.82, 2.24) is 0 Å². The Morgan fingerprint density at radius 1 is 1.36 bits per heavy atom. The lowest BCUT2D eigenvalue weighted by atomic mass is 10.3. The first-order chi connectivity index (χ1) is 4.84. The van der Waals surface area contributed by atoms with Crippen molar-refractivity contribution in [3.63, 3.8) is 0 Å². The van der Waals surface area contributed by atoms with Crippen LogP contribution in [0.5, 0.6) is 5.75 Å². The highest BCUT2D eigenvalue weighted by atomic mass is 79.9. The van der Waals surface area contributed by atoms with Crippen LogP contribution in [0.3, 0.4) is 0 Å². The standard InChI is InChI=1S/C8H9O.BrH.Mg/c1-2-9-8-6-4-3-5-7-8;;/h3-6H,2H2,1H3;1H;. The lowest BCUT2D eigenvalue weighted by molar-refractivity contribution is 0.343. The Labute approximate surface area is 90.3 Å². The molecule has 3 heteroatoms. The third-order valence-corrected chi connectivity index (χ3v) is 1.86. The first-order valence-corrected chi connectivity index (χ1v) is 4.09. The molecule has 1 rings (SSSR count). The van der Waals surface area contributed by atoms with Gasteiger partial charge in [-0.3, -0.25) is 0 Å². The molecule has 0 fully saturated rings. The van der Waals surface area contributed by atoms with Gasteiger partial charge in [-0.05, 0) is 13.0 Å². The number of benzene rings is 1. The van der Waals surface area contributed by atoms with E-state index < -0.39 is 0 Å². The smallest absolute Gasteiger partial charge is 0.282 e. The van der Waals surface area contributed by atoms with Crippen LogP contribution in [0.2, 0.25) is 0 Å². The number of hydrogen-bond acceptors (Lipinski definition) is 1. The molecule has 0 saturated heterocycles. The Bertz CT molecular complexity index is 215. The van der Waals surface area contributed by atoms with Crippen LogP contribution >= 0.6 is 17.0 Å². The summed E-state index contributed by atoms with van der Waals surface area (Å²) in [5.41, 5.74) is 0. The summed E-state index contributed by atoms with van der Waals surface area (Å²) in [6.07, 6.45) is 0. The van der Waals surface area contributed by atoms with Crippen LogP contribution in [-0.4, -0.2) is 28.3 Å². The molecule has 0 N–H and O–H groups in total. The molecule has 0 bridgehead atoms. The third kappa shape index (κ3) is 3.45. The normalized spacial score (nSPS) is 8.36. The summed E-state index contributed by atoms with van der Waals surface area (Å²) < 4.78 is 6.57. The quantitative estimate of drug-likeness (QED) is 0.694. The first-order valence-electron chi connectivity index (χ1n) is 3.38. The molecule has 0 spiro atoms. The molecule has 0 heterocycles. The van der Waals surface area contributed by atoms with Crippen LogP contribution < -0.4 is 8.43 Å². The summed E-state index contributed by atoms with van der Waals surface area (Å²) in [5, 5.41) is 0. The van der Waals surface area contributed by atoms with E-state index in [9.17, 15) is 0 Å². The summed E-state index contributed by atoms with van der Waals surface area (Å²) in [7, 11) is 0. The molecule has 11 heavy (non-hydrogen) atoms. The van der Waals surface area contributed by atoms with Crippen molar-refractivity contribution in [2.45, 2.75) is 6.92 Å². The SMILES string of the molecule is Br.CCOc1cccc[c]1[Mg]. The van der Waals surface area contributed by atoms with E-state index in [1.54, 1.807) is 0 Å². The van der Waals surface area contributed by atoms with Crippen molar-refractivity contribution in [2.75, 3.05) is 6.61 Å². The fourth-order valence-corrected chi connectivity index (χ4v) is 1.16. The minimum absolute atomic E-state index is 0. The van der Waals surface area contributed by atoms with E-state index in [4.69, 9.17) is 4.74 Å². The van der Waals surface area contributed by atoms with E-state index in [0.29, 0.717) is 0 Å². The van der Waals surface area contributed by atoms with Crippen molar-refractivity contribution >= 4 is 42.4 Å². The lowest BCUT2D eigenvalue weighted by Crippen LogP contribution is -2.07. The van der Waals surface area contributed by atoms with Crippen LogP contribution in [0.25, 0.3) is 0 Å². The monoisotopic (exact) mass is 225 g/mol. The highest BCUT2D eigenvalue weighted by Gasteiger charge is 1.90. The topological polar surface area (TPSA) is 9.23 Å². The largest absolute Gasteiger partial charge is 0.496 e. The highest BCUT2D eigenvalue weighted by Crippen LogP contribution is 2.03. The maximum Gasteiger partial charge on any atom is 0.282 e. The molecular weight excluding hydrogens is 216 g/mol. The van der Waals surface area contributed by atoms with Gasteiger partial charge in [0.05, 0.1) is 12.4 Å². The molecule has 0 unspecified atom stereocenters. The van der Waals surface area contributed by atoms with Gasteiger partial charge < -0.3 is 4.74 Å². The van der Waals surface area contributed by atoms with Gasteiger partial charge in [0.15, 0.2) is 0 Å². The summed E-state index contributed by atoms with van der Waals surface area (Å²) >= 11 is 1.85. The van der Waals surface area contributed by atoms with Crippen molar-refractivity contribution in [3.05, 3.63) is 24.3 Å². The van der Waals surface area contributed by atoms with Gasteiger partial charge in [0, 0.05) is 0 Å². The number of ether oxygens (including phenoxy) is 1. The van der Waals surface area contributed by atoms with E-state index in [1.165, 1.54) is 3.69 Å². The Morgan fingerprint density at radius 3 is 2.55 bits per heavy atom. The molecule has 0 aliphatic carbocycles. The second-order valence-electron chi connectivity index (χ2n) is 2.04. The second kappa shape index (κ2) is 5.86. The van der Waals surface area contributed by atoms with E-state index in [0.717, 1.165) is 12.4 Å². The van der Waals surface area contributed by atoms with Gasteiger partial charge in [-0.2, -0.15) is 3.69 Å². The molecule has 0 aromatic heterocycles. The van der Waals surface area contributed by atoms with Crippen molar-refractivity contribution in [1.29, 1.82) is 0 Å². The molecule has 0 saturated carbocycles. The van der Waals surface area contributed by atoms with Gasteiger partial charge in [0.25, 0.3) is 21.7 Å². The summed E-state index contributed by atoms with van der Waals surface area (Å²) in [5.74, 6) is 1.00. The molecular formula is C8H10BrMgO. The maximum absolute atomic E-state index is 5.34. The number of halogens is 1. The zero-order valence-corrected chi connectivity index (χ0v) is 9.67. The molecule has 0 amide bonds. The molecule has 1 aromatic rings. The number of rotatable bonds is 2. The van der Waals surface area contributed by atoms with E-state index in [2.05, 4.69) is 6.07 Å². The average molecular weight is 226 g/mol. The maximum atomic E-state index is 5.34. The minimum Gasteiger partial charge on any atom is -0.496 e. The zero-order chi connectivity index (χ0) is 7.40. The molecule has 1 nitrogen and oxygen atoms in total. The van der Waals surface area contributed by atoms with Crippen LogP contribution in [0.4, 0.5) is 0 Å². The fourth-order valence-electron chi connectivity index (χ4n) is 0.800. The zero-order valence-electron chi connectivity index (χ0n) is 6.54. The Kier molecular flexibility index (Phi) is 6.00. The summed E-state index contributed by atoms with van der Waals surface area (Å²) in [4.78, 5) is 0. The first kappa shape index (κ1) is 11.3.